The van der Waals surface area contributed by atoms with Crippen LogP contribution in [0.25, 0.3) is 0 Å². The second kappa shape index (κ2) is 8.14. The van der Waals surface area contributed by atoms with Crippen LogP contribution >= 0.6 is 11.8 Å². The summed E-state index contributed by atoms with van der Waals surface area (Å²) in [7, 11) is 0. The van der Waals surface area contributed by atoms with Crippen molar-refractivity contribution in [2.75, 3.05) is 11.6 Å². The van der Waals surface area contributed by atoms with E-state index in [0.29, 0.717) is 6.04 Å². The van der Waals surface area contributed by atoms with E-state index >= 15 is 0 Å². The Bertz CT molecular complexity index is 530. The Balaban J connectivity index is 1.96. The van der Waals surface area contributed by atoms with Crippen molar-refractivity contribution in [3.05, 3.63) is 59.7 Å². The van der Waals surface area contributed by atoms with Gasteiger partial charge < -0.3 is 5.32 Å². The minimum absolute atomic E-state index is 0.324. The minimum Gasteiger partial charge on any atom is -0.379 e. The topological polar surface area (TPSA) is 12.0 Å². The van der Waals surface area contributed by atoms with Gasteiger partial charge in [-0.05, 0) is 61.4 Å². The van der Waals surface area contributed by atoms with Crippen LogP contribution in [0.15, 0.2) is 53.4 Å². The summed E-state index contributed by atoms with van der Waals surface area (Å²) in [6.07, 6.45) is 5.82. The molecular formula is C19H25NS. The fourth-order valence-electron chi connectivity index (χ4n) is 2.37. The molecule has 1 unspecified atom stereocenters. The van der Waals surface area contributed by atoms with Crippen molar-refractivity contribution in [1.29, 1.82) is 0 Å². The van der Waals surface area contributed by atoms with Gasteiger partial charge in [0.25, 0.3) is 0 Å². The molecule has 112 valence electrons. The maximum atomic E-state index is 3.56. The van der Waals surface area contributed by atoms with Gasteiger partial charge in [0.1, 0.15) is 0 Å². The van der Waals surface area contributed by atoms with Crippen LogP contribution in [0.3, 0.4) is 0 Å². The van der Waals surface area contributed by atoms with E-state index in [9.17, 15) is 0 Å². The Kier molecular flexibility index (Phi) is 6.19. The van der Waals surface area contributed by atoms with E-state index in [1.165, 1.54) is 41.0 Å². The van der Waals surface area contributed by atoms with E-state index in [1.807, 2.05) is 0 Å². The highest BCUT2D eigenvalue weighted by Crippen LogP contribution is 2.22. The predicted molar refractivity (Wildman–Crippen MR) is 95.3 cm³/mol. The third kappa shape index (κ3) is 4.82. The summed E-state index contributed by atoms with van der Waals surface area (Å²) in [6, 6.07) is 18.0. The highest BCUT2D eigenvalue weighted by molar-refractivity contribution is 7.98. The van der Waals surface area contributed by atoms with Crippen molar-refractivity contribution in [2.24, 2.45) is 0 Å². The summed E-state index contributed by atoms with van der Waals surface area (Å²) in [5.41, 5.74) is 3.96. The van der Waals surface area contributed by atoms with Gasteiger partial charge in [-0.3, -0.25) is 0 Å². The molecule has 0 heterocycles. The van der Waals surface area contributed by atoms with Crippen molar-refractivity contribution < 1.29 is 0 Å². The standard InChI is InChI=1S/C19H25NS/c1-4-5-6-16-7-9-17(10-8-16)15(2)20-18-11-13-19(21-3)14-12-18/h7-15,20H,4-6H2,1-3H3. The third-order valence-corrected chi connectivity index (χ3v) is 4.52. The van der Waals surface area contributed by atoms with Crippen molar-refractivity contribution >= 4 is 17.4 Å². The van der Waals surface area contributed by atoms with Crippen LogP contribution in [0.1, 0.15) is 43.9 Å². The van der Waals surface area contributed by atoms with Gasteiger partial charge in [-0.1, -0.05) is 37.6 Å². The quantitative estimate of drug-likeness (QED) is 0.636. The van der Waals surface area contributed by atoms with Gasteiger partial charge in [-0.25, -0.2) is 0 Å². The average molecular weight is 299 g/mol. The van der Waals surface area contributed by atoms with Crippen LogP contribution in [-0.4, -0.2) is 6.26 Å². The Morgan fingerprint density at radius 3 is 2.24 bits per heavy atom. The van der Waals surface area contributed by atoms with Crippen molar-refractivity contribution in [3.63, 3.8) is 0 Å². The van der Waals surface area contributed by atoms with Crippen LogP contribution in [0.2, 0.25) is 0 Å². The molecular weight excluding hydrogens is 274 g/mol. The molecule has 0 saturated carbocycles. The lowest BCUT2D eigenvalue weighted by atomic mass is 10.0. The first-order valence-electron chi connectivity index (χ1n) is 7.72. The van der Waals surface area contributed by atoms with E-state index in [1.54, 1.807) is 11.8 Å². The summed E-state index contributed by atoms with van der Waals surface area (Å²) < 4.78 is 0. The highest BCUT2D eigenvalue weighted by atomic mass is 32.2. The maximum absolute atomic E-state index is 3.56. The minimum atomic E-state index is 0.324. The van der Waals surface area contributed by atoms with Crippen LogP contribution in [0.4, 0.5) is 5.69 Å². The van der Waals surface area contributed by atoms with E-state index in [4.69, 9.17) is 0 Å². The van der Waals surface area contributed by atoms with Crippen LogP contribution in [0, 0.1) is 0 Å². The number of hydrogen-bond donors (Lipinski definition) is 1. The first kappa shape index (κ1) is 16.0. The number of benzene rings is 2. The number of aryl methyl sites for hydroxylation is 1. The molecule has 0 saturated heterocycles. The Morgan fingerprint density at radius 2 is 1.67 bits per heavy atom. The summed E-state index contributed by atoms with van der Waals surface area (Å²) in [6.45, 7) is 4.45. The molecule has 21 heavy (non-hydrogen) atoms. The second-order valence-electron chi connectivity index (χ2n) is 5.44. The summed E-state index contributed by atoms with van der Waals surface area (Å²) in [5.74, 6) is 0. The predicted octanol–water partition coefficient (Wildman–Crippen LogP) is 5.92. The molecule has 2 rings (SSSR count). The van der Waals surface area contributed by atoms with Crippen LogP contribution in [-0.2, 0) is 6.42 Å². The smallest absolute Gasteiger partial charge is 0.0485 e. The zero-order chi connectivity index (χ0) is 15.1. The molecule has 0 aliphatic rings. The largest absolute Gasteiger partial charge is 0.379 e. The lowest BCUT2D eigenvalue weighted by molar-refractivity contribution is 0.793. The SMILES string of the molecule is CCCCc1ccc(C(C)Nc2ccc(SC)cc2)cc1. The molecule has 0 aliphatic carbocycles. The molecule has 0 fully saturated rings. The Labute approximate surface area is 133 Å². The number of anilines is 1. The van der Waals surface area contributed by atoms with Crippen LogP contribution < -0.4 is 5.32 Å². The number of rotatable bonds is 7. The maximum Gasteiger partial charge on any atom is 0.0485 e. The van der Waals surface area contributed by atoms with Gasteiger partial charge in [-0.2, -0.15) is 0 Å². The van der Waals surface area contributed by atoms with E-state index in [-0.39, 0.29) is 0 Å². The number of nitrogens with one attached hydrogen (secondary N) is 1. The molecule has 0 aliphatic heterocycles. The fraction of sp³-hybridized carbons (Fsp3) is 0.368. The number of hydrogen-bond acceptors (Lipinski definition) is 2. The first-order chi connectivity index (χ1) is 10.2. The monoisotopic (exact) mass is 299 g/mol. The van der Waals surface area contributed by atoms with Crippen molar-refractivity contribution in [2.45, 2.75) is 44.0 Å². The van der Waals surface area contributed by atoms with E-state index in [0.717, 1.165) is 0 Å². The summed E-state index contributed by atoms with van der Waals surface area (Å²) in [5, 5.41) is 3.56. The van der Waals surface area contributed by atoms with Crippen molar-refractivity contribution in [3.8, 4) is 0 Å². The first-order valence-corrected chi connectivity index (χ1v) is 8.95. The summed E-state index contributed by atoms with van der Waals surface area (Å²) >= 11 is 1.77. The van der Waals surface area contributed by atoms with Crippen molar-refractivity contribution in [1.82, 2.24) is 0 Å². The zero-order valence-corrected chi connectivity index (χ0v) is 14.0. The molecule has 0 spiro atoms. The van der Waals surface area contributed by atoms with E-state index in [2.05, 4.69) is 74.0 Å². The second-order valence-corrected chi connectivity index (χ2v) is 6.32. The molecule has 0 aromatic heterocycles. The molecule has 1 atom stereocenters. The number of thioether (sulfide) groups is 1. The average Bonchev–Trinajstić information content (AvgIpc) is 2.54. The van der Waals surface area contributed by atoms with Gasteiger partial charge >= 0.3 is 0 Å². The summed E-state index contributed by atoms with van der Waals surface area (Å²) in [4.78, 5) is 1.30. The molecule has 0 radical (unpaired) electrons. The molecule has 1 N–H and O–H groups in total. The van der Waals surface area contributed by atoms with Gasteiger partial charge in [0.2, 0.25) is 0 Å². The van der Waals surface area contributed by atoms with E-state index < -0.39 is 0 Å². The van der Waals surface area contributed by atoms with Crippen LogP contribution in [0.5, 0.6) is 0 Å². The fourth-order valence-corrected chi connectivity index (χ4v) is 2.78. The van der Waals surface area contributed by atoms with Gasteiger partial charge in [0.05, 0.1) is 0 Å². The zero-order valence-electron chi connectivity index (χ0n) is 13.2. The third-order valence-electron chi connectivity index (χ3n) is 3.77. The lowest BCUT2D eigenvalue weighted by Crippen LogP contribution is -2.06. The molecule has 2 heteroatoms. The van der Waals surface area contributed by atoms with Gasteiger partial charge in [-0.15, -0.1) is 11.8 Å². The molecule has 2 aromatic carbocycles. The molecule has 1 nitrogen and oxygen atoms in total. The molecule has 2 aromatic rings. The Morgan fingerprint density at radius 1 is 1.00 bits per heavy atom. The number of unbranched alkanes of at least 4 members (excludes halogenated alkanes) is 1. The van der Waals surface area contributed by atoms with Gasteiger partial charge in [0, 0.05) is 16.6 Å². The Hall–Kier alpha value is -1.41. The highest BCUT2D eigenvalue weighted by Gasteiger charge is 2.05. The lowest BCUT2D eigenvalue weighted by Gasteiger charge is -2.16. The molecule has 0 amide bonds. The van der Waals surface area contributed by atoms with Gasteiger partial charge in [0.15, 0.2) is 0 Å². The normalized spacial score (nSPS) is 12.1. The molecule has 0 bridgehead atoms.